The Morgan fingerprint density at radius 1 is 1.35 bits per heavy atom. The zero-order chi connectivity index (χ0) is 12.0. The molecule has 1 atom stereocenters. The highest BCUT2D eigenvalue weighted by Gasteiger charge is 2.48. The van der Waals surface area contributed by atoms with Crippen molar-refractivity contribution >= 4 is 21.4 Å². The van der Waals surface area contributed by atoms with Gasteiger partial charge in [0, 0.05) is 16.8 Å². The summed E-state index contributed by atoms with van der Waals surface area (Å²) in [5, 5.41) is 3.46. The topological polar surface area (TPSA) is 35.2 Å². The number of ether oxygens (including phenoxy) is 1. The monoisotopic (exact) mass is 247 g/mol. The van der Waals surface area contributed by atoms with Gasteiger partial charge in [0.15, 0.2) is 0 Å². The predicted octanol–water partition coefficient (Wildman–Crippen LogP) is 3.29. The fourth-order valence-corrected chi connectivity index (χ4v) is 3.65. The van der Waals surface area contributed by atoms with E-state index in [9.17, 15) is 0 Å². The summed E-state index contributed by atoms with van der Waals surface area (Å²) in [5.41, 5.74) is 7.79. The van der Waals surface area contributed by atoms with Gasteiger partial charge in [-0.05, 0) is 42.8 Å². The van der Waals surface area contributed by atoms with Crippen LogP contribution in [0, 0.1) is 0 Å². The lowest BCUT2D eigenvalue weighted by molar-refractivity contribution is 0.420. The maximum atomic E-state index is 6.17. The van der Waals surface area contributed by atoms with Crippen LogP contribution in [0.3, 0.4) is 0 Å². The molecule has 1 aliphatic carbocycles. The first kappa shape index (κ1) is 11.1. The van der Waals surface area contributed by atoms with E-state index in [-0.39, 0.29) is 11.5 Å². The molecule has 0 amide bonds. The first-order valence-corrected chi connectivity index (χ1v) is 6.87. The van der Waals surface area contributed by atoms with E-state index in [0.29, 0.717) is 0 Å². The van der Waals surface area contributed by atoms with E-state index in [4.69, 9.17) is 10.5 Å². The third kappa shape index (κ3) is 1.49. The average molecular weight is 247 g/mol. The number of hydrogen-bond donors (Lipinski definition) is 1. The van der Waals surface area contributed by atoms with Crippen molar-refractivity contribution < 1.29 is 4.74 Å². The lowest BCUT2D eigenvalue weighted by atomic mass is 9.87. The summed E-state index contributed by atoms with van der Waals surface area (Å²) >= 11 is 1.74. The molecule has 0 aliphatic heterocycles. The van der Waals surface area contributed by atoms with Gasteiger partial charge in [-0.25, -0.2) is 0 Å². The fraction of sp³-hybridized carbons (Fsp3) is 0.429. The summed E-state index contributed by atoms with van der Waals surface area (Å²) in [6.45, 7) is 2.12. The number of nitrogens with two attached hydrogens (primary N) is 1. The smallest absolute Gasteiger partial charge is 0.136 e. The molecule has 0 spiro atoms. The van der Waals surface area contributed by atoms with Crippen LogP contribution in [0.1, 0.15) is 25.3 Å². The van der Waals surface area contributed by atoms with Gasteiger partial charge in [-0.15, -0.1) is 11.3 Å². The number of methoxy groups -OCH3 is 1. The minimum Gasteiger partial charge on any atom is -0.495 e. The van der Waals surface area contributed by atoms with Crippen LogP contribution in [-0.2, 0) is 5.41 Å². The standard InChI is InChI=1S/C14H17NOS/c1-9(15)14(6-7-14)11-3-4-12(16-2)13-10(11)5-8-17-13/h3-5,8-9H,6-7,15H2,1-2H3. The normalized spacial score (nSPS) is 19.2. The van der Waals surface area contributed by atoms with E-state index in [1.165, 1.54) is 28.5 Å². The fourth-order valence-electron chi connectivity index (χ4n) is 2.74. The van der Waals surface area contributed by atoms with E-state index in [1.807, 2.05) is 0 Å². The van der Waals surface area contributed by atoms with Gasteiger partial charge < -0.3 is 10.5 Å². The first-order chi connectivity index (χ1) is 8.19. The Balaban J connectivity index is 2.22. The molecule has 0 radical (unpaired) electrons. The van der Waals surface area contributed by atoms with Gasteiger partial charge in [0.25, 0.3) is 0 Å². The van der Waals surface area contributed by atoms with Crippen LogP contribution in [0.5, 0.6) is 5.75 Å². The van der Waals surface area contributed by atoms with Crippen molar-refractivity contribution in [2.75, 3.05) is 7.11 Å². The summed E-state index contributed by atoms with van der Waals surface area (Å²) < 4.78 is 6.66. The Morgan fingerprint density at radius 3 is 2.71 bits per heavy atom. The van der Waals surface area contributed by atoms with E-state index >= 15 is 0 Å². The molecule has 1 fully saturated rings. The van der Waals surface area contributed by atoms with Gasteiger partial charge in [-0.3, -0.25) is 0 Å². The maximum absolute atomic E-state index is 6.17. The van der Waals surface area contributed by atoms with E-state index in [2.05, 4.69) is 30.5 Å². The van der Waals surface area contributed by atoms with Crippen LogP contribution in [-0.4, -0.2) is 13.2 Å². The summed E-state index contributed by atoms with van der Waals surface area (Å²) in [5.74, 6) is 0.972. The number of fused-ring (bicyclic) bond motifs is 1. The van der Waals surface area contributed by atoms with Crippen molar-refractivity contribution in [2.45, 2.75) is 31.2 Å². The number of hydrogen-bond acceptors (Lipinski definition) is 3. The highest BCUT2D eigenvalue weighted by atomic mass is 32.1. The number of thiophene rings is 1. The van der Waals surface area contributed by atoms with Crippen LogP contribution < -0.4 is 10.5 Å². The molecule has 1 aromatic heterocycles. The van der Waals surface area contributed by atoms with Crippen LogP contribution in [0.2, 0.25) is 0 Å². The molecule has 1 saturated carbocycles. The molecule has 90 valence electrons. The van der Waals surface area contributed by atoms with Gasteiger partial charge in [-0.2, -0.15) is 0 Å². The molecule has 1 heterocycles. The van der Waals surface area contributed by atoms with Crippen molar-refractivity contribution in [3.63, 3.8) is 0 Å². The average Bonchev–Trinajstić information content (AvgIpc) is 2.99. The zero-order valence-electron chi connectivity index (χ0n) is 10.2. The van der Waals surface area contributed by atoms with Crippen LogP contribution >= 0.6 is 11.3 Å². The van der Waals surface area contributed by atoms with Crippen LogP contribution in [0.25, 0.3) is 10.1 Å². The highest BCUT2D eigenvalue weighted by molar-refractivity contribution is 7.17. The molecule has 2 aromatic rings. The molecule has 3 rings (SSSR count). The summed E-state index contributed by atoms with van der Waals surface area (Å²) in [6, 6.07) is 6.69. The highest BCUT2D eigenvalue weighted by Crippen LogP contribution is 2.53. The largest absolute Gasteiger partial charge is 0.495 e. The Morgan fingerprint density at radius 2 is 2.12 bits per heavy atom. The van der Waals surface area contributed by atoms with Gasteiger partial charge in [0.1, 0.15) is 5.75 Å². The third-order valence-corrected chi connectivity index (χ3v) is 4.93. The van der Waals surface area contributed by atoms with Crippen molar-refractivity contribution in [3.05, 3.63) is 29.1 Å². The summed E-state index contributed by atoms with van der Waals surface area (Å²) in [6.07, 6.45) is 2.42. The Bertz CT molecular complexity index is 554. The summed E-state index contributed by atoms with van der Waals surface area (Å²) in [7, 11) is 1.73. The quantitative estimate of drug-likeness (QED) is 0.903. The van der Waals surface area contributed by atoms with Crippen LogP contribution in [0.4, 0.5) is 0 Å². The molecular weight excluding hydrogens is 230 g/mol. The van der Waals surface area contributed by atoms with Crippen molar-refractivity contribution in [1.82, 2.24) is 0 Å². The lowest BCUT2D eigenvalue weighted by Gasteiger charge is -2.21. The molecule has 17 heavy (non-hydrogen) atoms. The molecule has 1 aliphatic rings. The van der Waals surface area contributed by atoms with Crippen molar-refractivity contribution in [1.29, 1.82) is 0 Å². The van der Waals surface area contributed by atoms with Crippen LogP contribution in [0.15, 0.2) is 23.6 Å². The molecule has 2 nitrogen and oxygen atoms in total. The molecule has 1 unspecified atom stereocenters. The molecule has 3 heteroatoms. The Kier molecular flexibility index (Phi) is 2.42. The Labute approximate surface area is 105 Å². The lowest BCUT2D eigenvalue weighted by Crippen LogP contribution is -2.31. The molecular formula is C14H17NOS. The maximum Gasteiger partial charge on any atom is 0.136 e. The first-order valence-electron chi connectivity index (χ1n) is 5.99. The second-order valence-corrected chi connectivity index (χ2v) is 5.84. The summed E-state index contributed by atoms with van der Waals surface area (Å²) in [4.78, 5) is 0. The van der Waals surface area contributed by atoms with Gasteiger partial charge in [0.2, 0.25) is 0 Å². The van der Waals surface area contributed by atoms with Gasteiger partial charge in [-0.1, -0.05) is 6.07 Å². The number of rotatable bonds is 3. The SMILES string of the molecule is COc1ccc(C2(C(C)N)CC2)c2ccsc12. The number of benzene rings is 1. The van der Waals surface area contributed by atoms with Crippen molar-refractivity contribution in [2.24, 2.45) is 5.73 Å². The van der Waals surface area contributed by atoms with Gasteiger partial charge in [0.05, 0.1) is 11.8 Å². The predicted molar refractivity (Wildman–Crippen MR) is 72.9 cm³/mol. The molecule has 1 aromatic carbocycles. The zero-order valence-corrected chi connectivity index (χ0v) is 11.0. The molecule has 0 saturated heterocycles. The Hall–Kier alpha value is -1.06. The van der Waals surface area contributed by atoms with Crippen molar-refractivity contribution in [3.8, 4) is 5.75 Å². The molecule has 2 N–H and O–H groups in total. The van der Waals surface area contributed by atoms with E-state index < -0.39 is 0 Å². The second kappa shape index (κ2) is 3.72. The van der Waals surface area contributed by atoms with Gasteiger partial charge >= 0.3 is 0 Å². The minimum atomic E-state index is 0.214. The molecule has 0 bridgehead atoms. The van der Waals surface area contributed by atoms with E-state index in [0.717, 1.165) is 5.75 Å². The van der Waals surface area contributed by atoms with E-state index in [1.54, 1.807) is 18.4 Å². The minimum absolute atomic E-state index is 0.214. The second-order valence-electron chi connectivity index (χ2n) is 4.92. The third-order valence-electron chi connectivity index (χ3n) is 4.00.